The molecule has 0 bridgehead atoms. The Bertz CT molecular complexity index is 1650. The molecule has 2 N–H and O–H groups in total. The Kier molecular flexibility index (Phi) is 54.3. The number of aliphatic hydroxyl groups is 1. The lowest BCUT2D eigenvalue weighted by molar-refractivity contribution is -0.870. The van der Waals surface area contributed by atoms with E-state index in [1.54, 1.807) is 6.08 Å². The van der Waals surface area contributed by atoms with E-state index in [1.165, 1.54) is 122 Å². The van der Waals surface area contributed by atoms with Crippen LogP contribution in [-0.4, -0.2) is 68.5 Å². The molecule has 0 fully saturated rings. The molecule has 0 aliphatic carbocycles. The van der Waals surface area contributed by atoms with E-state index in [0.717, 1.165) is 103 Å². The number of allylic oxidation sites excluding steroid dienone is 19. The molecule has 76 heavy (non-hydrogen) atoms. The first-order valence-corrected chi connectivity index (χ1v) is 32.4. The maximum atomic E-state index is 13.0. The lowest BCUT2D eigenvalue weighted by Crippen LogP contribution is -2.45. The van der Waals surface area contributed by atoms with Crippen LogP contribution in [0.4, 0.5) is 0 Å². The standard InChI is InChI=1S/C67H117N2O6P/c1-6-8-10-12-14-16-18-20-22-23-24-25-26-27-28-29-30-31-32-33-34-35-36-37-38-39-40-41-42-43-44-45-47-49-51-53-55-57-59-61-67(71)68-65(64-75-76(72,73)74-63-62-69(3,4)5)66(70)60-58-56-54-52-50-48-46-21-19-17-15-13-11-9-7-2/h8,10,14,16,20,22,24-25,27-28,30-31,33-34,36-37,39-40,58,60,65-66,70H,6-7,9,11-13,15,17-19,21,23,26,29,32,35,38,41-57,59,61-64H2,1-5H3,(H-,68,71,72,73)/b10-8-,16-14-,22-20-,25-24-,28-27-,31-30-,34-33-,37-36-,40-39-,60-58+. The highest BCUT2D eigenvalue weighted by molar-refractivity contribution is 7.45. The van der Waals surface area contributed by atoms with E-state index in [9.17, 15) is 19.4 Å². The van der Waals surface area contributed by atoms with Crippen LogP contribution in [0.3, 0.4) is 0 Å². The van der Waals surface area contributed by atoms with Gasteiger partial charge in [0, 0.05) is 6.42 Å². The molecule has 436 valence electrons. The van der Waals surface area contributed by atoms with E-state index in [2.05, 4.69) is 129 Å². The SMILES string of the molecule is CC/C=C\C/C=C\C/C=C\C/C=C\C/C=C\C/C=C\C/C=C\C/C=C\C/C=C\CCCCCCCCCCCCCC(=O)NC(COP(=O)([O-])OCC[N+](C)(C)C)C(O)/C=C/CCCCCCCCCCCCCCC. The van der Waals surface area contributed by atoms with Gasteiger partial charge in [0.1, 0.15) is 13.2 Å². The maximum Gasteiger partial charge on any atom is 0.268 e. The molecule has 9 heteroatoms. The predicted molar refractivity (Wildman–Crippen MR) is 329 cm³/mol. The molecule has 0 aliphatic rings. The van der Waals surface area contributed by atoms with Gasteiger partial charge in [0.05, 0.1) is 39.9 Å². The Labute approximate surface area is 469 Å². The molecule has 0 aromatic rings. The van der Waals surface area contributed by atoms with Crippen molar-refractivity contribution in [2.45, 2.75) is 257 Å². The molecule has 0 radical (unpaired) electrons. The minimum absolute atomic E-state index is 0.00626. The number of rotatable bonds is 55. The molecule has 0 rings (SSSR count). The van der Waals surface area contributed by atoms with E-state index < -0.39 is 20.0 Å². The van der Waals surface area contributed by atoms with E-state index >= 15 is 0 Å². The molecule has 0 saturated carbocycles. The maximum absolute atomic E-state index is 13.0. The van der Waals surface area contributed by atoms with Gasteiger partial charge >= 0.3 is 0 Å². The van der Waals surface area contributed by atoms with Crippen LogP contribution in [0.25, 0.3) is 0 Å². The van der Waals surface area contributed by atoms with Gasteiger partial charge in [-0.15, -0.1) is 0 Å². The van der Waals surface area contributed by atoms with Gasteiger partial charge in [0.15, 0.2) is 0 Å². The van der Waals surface area contributed by atoms with Crippen LogP contribution in [0.2, 0.25) is 0 Å². The summed E-state index contributed by atoms with van der Waals surface area (Å²) in [5.41, 5.74) is 0. The van der Waals surface area contributed by atoms with Gasteiger partial charge in [0.2, 0.25) is 5.91 Å². The molecule has 1 amide bonds. The Morgan fingerprint density at radius 2 is 0.803 bits per heavy atom. The molecular formula is C67H117N2O6P. The van der Waals surface area contributed by atoms with Crippen LogP contribution >= 0.6 is 7.82 Å². The third-order valence-corrected chi connectivity index (χ3v) is 14.1. The summed E-state index contributed by atoms with van der Waals surface area (Å²) in [6.07, 6.45) is 84.2. The Morgan fingerprint density at radius 1 is 0.474 bits per heavy atom. The average Bonchev–Trinajstić information content (AvgIpc) is 3.38. The molecule has 0 heterocycles. The largest absolute Gasteiger partial charge is 0.756 e. The number of aliphatic hydroxyl groups excluding tert-OH is 1. The van der Waals surface area contributed by atoms with Crippen molar-refractivity contribution in [3.63, 3.8) is 0 Å². The number of quaternary nitrogens is 1. The first-order valence-electron chi connectivity index (χ1n) is 30.9. The van der Waals surface area contributed by atoms with Crippen LogP contribution in [0, 0.1) is 0 Å². The highest BCUT2D eigenvalue weighted by Crippen LogP contribution is 2.38. The van der Waals surface area contributed by atoms with Gasteiger partial charge in [0.25, 0.3) is 7.82 Å². The number of nitrogens with zero attached hydrogens (tertiary/aromatic N) is 1. The Hall–Kier alpha value is -3.10. The minimum Gasteiger partial charge on any atom is -0.756 e. The summed E-state index contributed by atoms with van der Waals surface area (Å²) in [7, 11) is 1.25. The minimum atomic E-state index is -4.60. The van der Waals surface area contributed by atoms with Crippen molar-refractivity contribution in [1.29, 1.82) is 0 Å². The fourth-order valence-electron chi connectivity index (χ4n) is 8.38. The zero-order valence-corrected chi connectivity index (χ0v) is 50.6. The van der Waals surface area contributed by atoms with Gasteiger partial charge in [-0.2, -0.15) is 0 Å². The monoisotopic (exact) mass is 1080 g/mol. The fraction of sp³-hybridized carbons (Fsp3) is 0.687. The van der Waals surface area contributed by atoms with Crippen LogP contribution < -0.4 is 10.2 Å². The number of hydrogen-bond acceptors (Lipinski definition) is 6. The Morgan fingerprint density at radius 3 is 1.17 bits per heavy atom. The molecule has 0 saturated heterocycles. The first kappa shape index (κ1) is 72.9. The van der Waals surface area contributed by atoms with Gasteiger partial charge in [-0.25, -0.2) is 0 Å². The lowest BCUT2D eigenvalue weighted by Gasteiger charge is -2.29. The number of likely N-dealkylation sites (N-methyl/N-ethyl adjacent to an activating group) is 1. The molecule has 0 aromatic carbocycles. The second-order valence-corrected chi connectivity index (χ2v) is 23.1. The quantitative estimate of drug-likeness (QED) is 0.0272. The molecule has 0 spiro atoms. The molecule has 8 nitrogen and oxygen atoms in total. The van der Waals surface area contributed by atoms with Crippen molar-refractivity contribution >= 4 is 13.7 Å². The Balaban J connectivity index is 4.10. The lowest BCUT2D eigenvalue weighted by atomic mass is 10.0. The molecule has 3 atom stereocenters. The summed E-state index contributed by atoms with van der Waals surface area (Å²) in [5, 5.41) is 13.9. The topological polar surface area (TPSA) is 108 Å². The zero-order chi connectivity index (χ0) is 55.6. The average molecular weight is 1080 g/mol. The predicted octanol–water partition coefficient (Wildman–Crippen LogP) is 18.7. The normalized spacial score (nSPS) is 14.7. The van der Waals surface area contributed by atoms with Crippen molar-refractivity contribution in [3.8, 4) is 0 Å². The van der Waals surface area contributed by atoms with Crippen molar-refractivity contribution < 1.29 is 32.9 Å². The van der Waals surface area contributed by atoms with Gasteiger partial charge in [-0.05, 0) is 89.9 Å². The summed E-state index contributed by atoms with van der Waals surface area (Å²) in [4.78, 5) is 25.5. The number of nitrogens with one attached hydrogen (secondary N) is 1. The smallest absolute Gasteiger partial charge is 0.268 e. The van der Waals surface area contributed by atoms with Crippen molar-refractivity contribution in [3.05, 3.63) is 122 Å². The number of amides is 1. The summed E-state index contributed by atoms with van der Waals surface area (Å²) >= 11 is 0. The summed E-state index contributed by atoms with van der Waals surface area (Å²) < 4.78 is 23.3. The summed E-state index contributed by atoms with van der Waals surface area (Å²) in [6, 6.07) is -0.895. The number of phosphoric acid groups is 1. The molecule has 0 aromatic heterocycles. The highest BCUT2D eigenvalue weighted by Gasteiger charge is 2.23. The second kappa shape index (κ2) is 56.6. The van der Waals surface area contributed by atoms with Crippen LogP contribution in [0.5, 0.6) is 0 Å². The van der Waals surface area contributed by atoms with Gasteiger partial charge < -0.3 is 28.8 Å². The molecule has 3 unspecified atom stereocenters. The van der Waals surface area contributed by atoms with Gasteiger partial charge in [-0.3, -0.25) is 9.36 Å². The number of hydrogen-bond donors (Lipinski definition) is 2. The molecule has 0 aliphatic heterocycles. The summed E-state index contributed by atoms with van der Waals surface area (Å²) in [6.45, 7) is 4.53. The van der Waals surface area contributed by atoms with Gasteiger partial charge in [-0.1, -0.05) is 270 Å². The van der Waals surface area contributed by atoms with Crippen molar-refractivity contribution in [2.75, 3.05) is 40.9 Å². The van der Waals surface area contributed by atoms with Crippen LogP contribution in [-0.2, 0) is 18.4 Å². The number of phosphoric ester groups is 1. The van der Waals surface area contributed by atoms with E-state index in [0.29, 0.717) is 17.4 Å². The number of carbonyl (C=O) groups excluding carboxylic acids is 1. The second-order valence-electron chi connectivity index (χ2n) is 21.7. The highest BCUT2D eigenvalue weighted by atomic mass is 31.2. The van der Waals surface area contributed by atoms with Crippen LogP contribution in [0.15, 0.2) is 122 Å². The van der Waals surface area contributed by atoms with E-state index in [1.807, 2.05) is 27.2 Å². The first-order chi connectivity index (χ1) is 37.0. The third-order valence-electron chi connectivity index (χ3n) is 13.2. The fourth-order valence-corrected chi connectivity index (χ4v) is 9.10. The van der Waals surface area contributed by atoms with Crippen molar-refractivity contribution in [1.82, 2.24) is 5.32 Å². The third kappa shape index (κ3) is 58.6. The van der Waals surface area contributed by atoms with E-state index in [-0.39, 0.29) is 19.1 Å². The van der Waals surface area contributed by atoms with E-state index in [4.69, 9.17) is 9.05 Å². The van der Waals surface area contributed by atoms with Crippen LogP contribution in [0.1, 0.15) is 245 Å². The number of carbonyl (C=O) groups is 1. The zero-order valence-electron chi connectivity index (χ0n) is 49.7. The summed E-state index contributed by atoms with van der Waals surface area (Å²) in [5.74, 6) is -0.205. The molecular weight excluding hydrogens is 960 g/mol. The number of unbranched alkanes of at least 4 members (excludes halogenated alkanes) is 24. The van der Waals surface area contributed by atoms with Crippen molar-refractivity contribution in [2.24, 2.45) is 0 Å².